The van der Waals surface area contributed by atoms with Crippen LogP contribution in [0, 0.1) is 5.89 Å². The van der Waals surface area contributed by atoms with Crippen LogP contribution >= 0.6 is 12.4 Å². The number of carbonyl (C=O) groups excluding carboxylic acids is 2. The summed E-state index contributed by atoms with van der Waals surface area (Å²) in [6, 6.07) is -1.64. The quantitative estimate of drug-likeness (QED) is 0.644. The number of amides is 1. The van der Waals surface area contributed by atoms with Crippen molar-refractivity contribution in [1.82, 2.24) is 0 Å². The van der Waals surface area contributed by atoms with E-state index in [-0.39, 0.29) is 12.4 Å². The molecule has 1 fully saturated rings. The Balaban J connectivity index is 0.00000361. The van der Waals surface area contributed by atoms with Crippen LogP contribution in [0.15, 0.2) is 0 Å². The van der Waals surface area contributed by atoms with Gasteiger partial charge in [0.05, 0.1) is 6.04 Å². The van der Waals surface area contributed by atoms with Crippen molar-refractivity contribution in [1.29, 1.82) is 0 Å². The Kier molecular flexibility index (Phi) is 1.90. The average Bonchev–Trinajstić information content (AvgIpc) is 2.25. The van der Waals surface area contributed by atoms with Crippen LogP contribution in [0.2, 0.25) is 0 Å². The molecule has 1 aliphatic rings. The van der Waals surface area contributed by atoms with Gasteiger partial charge >= 0.3 is 0 Å². The minimum atomic E-state index is -2.89. The van der Waals surface area contributed by atoms with Gasteiger partial charge in [-0.25, -0.2) is 0 Å². The zero-order valence-corrected chi connectivity index (χ0v) is 7.48. The van der Waals surface area contributed by atoms with E-state index in [0.717, 1.165) is 0 Å². The highest BCUT2D eigenvalue weighted by molar-refractivity contribution is 6.37. The first-order chi connectivity index (χ1) is 8.24. The first-order valence-corrected chi connectivity index (χ1v) is 3.33. The monoisotopic (exact) mass is 213 g/mol. The molecule has 1 amide bonds. The van der Waals surface area contributed by atoms with E-state index in [2.05, 4.69) is 0 Å². The summed E-state index contributed by atoms with van der Waals surface area (Å²) in [5.74, 6) is -5.18. The van der Waals surface area contributed by atoms with Gasteiger partial charge in [0.15, 0.2) is 0 Å². The second kappa shape index (κ2) is 5.19. The normalized spacial score (nSPS) is 40.2. The lowest BCUT2D eigenvalue weighted by Gasteiger charge is -2.26. The summed E-state index contributed by atoms with van der Waals surface area (Å²) in [6.07, 6.45) is -9.43. The van der Waals surface area contributed by atoms with E-state index >= 15 is 0 Å². The van der Waals surface area contributed by atoms with Gasteiger partial charge in [0.25, 0.3) is 5.91 Å². The molecule has 1 unspecified atom stereocenters. The van der Waals surface area contributed by atoms with Crippen molar-refractivity contribution in [2.24, 2.45) is 17.4 Å². The Labute approximate surface area is 93.3 Å². The smallest absolute Gasteiger partial charge is 0.286 e. The summed E-state index contributed by atoms with van der Waals surface area (Å²) >= 11 is 0. The first-order valence-electron chi connectivity index (χ1n) is 6.83. The zero-order valence-electron chi connectivity index (χ0n) is 13.7. The van der Waals surface area contributed by atoms with Crippen LogP contribution in [0.3, 0.4) is 0 Å². The first kappa shape index (κ1) is 4.75. The van der Waals surface area contributed by atoms with Crippen molar-refractivity contribution in [2.45, 2.75) is 31.6 Å². The van der Waals surface area contributed by atoms with E-state index in [1.165, 1.54) is 0 Å². The van der Waals surface area contributed by atoms with Gasteiger partial charge in [-0.15, -0.1) is 12.4 Å². The maximum Gasteiger partial charge on any atom is 0.286 e. The largest absolute Gasteiger partial charge is 0.363 e. The van der Waals surface area contributed by atoms with Gasteiger partial charge in [-0.1, -0.05) is 19.1 Å². The molecule has 0 heterocycles. The van der Waals surface area contributed by atoms with Crippen molar-refractivity contribution in [3.05, 3.63) is 0 Å². The third-order valence-electron chi connectivity index (χ3n) is 1.43. The van der Waals surface area contributed by atoms with Crippen molar-refractivity contribution < 1.29 is 19.2 Å². The Hall–Kier alpha value is -0.610. The lowest BCUT2D eigenvalue weighted by atomic mass is 9.80. The second-order valence-electron chi connectivity index (χ2n) is 2.39. The molecule has 76 valence electrons. The highest BCUT2D eigenvalue weighted by atomic mass is 35.5. The summed E-state index contributed by atoms with van der Waals surface area (Å²) in [5, 5.41) is 0. The topological polar surface area (TPSA) is 86.2 Å². The number of rotatable bonds is 4. The molecule has 0 aromatic rings. The summed E-state index contributed by atoms with van der Waals surface area (Å²) in [5.41, 5.74) is 10.0. The van der Waals surface area contributed by atoms with Gasteiger partial charge in [0.1, 0.15) is 0 Å². The number of hydrogen-bond donors (Lipinski definition) is 2. The van der Waals surface area contributed by atoms with E-state index in [0.29, 0.717) is 0 Å². The van der Waals surface area contributed by atoms with Crippen LogP contribution in [-0.2, 0) is 9.59 Å². The molecule has 0 bridgehead atoms. The lowest BCUT2D eigenvalue weighted by Crippen LogP contribution is -2.41. The van der Waals surface area contributed by atoms with E-state index in [1.54, 1.807) is 0 Å². The van der Waals surface area contributed by atoms with Crippen LogP contribution in [0.25, 0.3) is 0 Å². The molecule has 5 heteroatoms. The fourth-order valence-corrected chi connectivity index (χ4v) is 0.748. The standard InChI is InChI=1S/C8H14N2O2.ClH/c9-6(7(11)8(10)12)4-5-2-1-3-5;/h5-6H,1-4,9H2,(H2,10,12);1H/i1D2,2D2,3D2,5D;. The van der Waals surface area contributed by atoms with Gasteiger partial charge in [-0.3, -0.25) is 9.59 Å². The molecule has 13 heavy (non-hydrogen) atoms. The predicted octanol–water partition coefficient (Wildman–Crippen LogP) is -0.0199. The molecule has 0 saturated heterocycles. The van der Waals surface area contributed by atoms with Gasteiger partial charge in [0.2, 0.25) is 5.78 Å². The summed E-state index contributed by atoms with van der Waals surface area (Å²) in [4.78, 5) is 21.9. The maximum atomic E-state index is 11.2. The number of halogens is 1. The molecule has 1 atom stereocenters. The van der Waals surface area contributed by atoms with Gasteiger partial charge in [-0.05, 0) is 12.3 Å². The van der Waals surface area contributed by atoms with Crippen molar-refractivity contribution in [2.75, 3.05) is 0 Å². The third kappa shape index (κ3) is 3.32. The zero-order chi connectivity index (χ0) is 15.4. The molecule has 4 N–H and O–H groups in total. The summed E-state index contributed by atoms with van der Waals surface area (Å²) in [6.45, 7) is 0. The SMILES string of the molecule is Cl.[2H]C1([2H])C([2H])([2H])C([2H])(CC(N)C(=O)C(N)=O)C1([2H])[2H]. The molecule has 1 aliphatic carbocycles. The molecular weight excluding hydrogens is 192 g/mol. The second-order valence-corrected chi connectivity index (χ2v) is 2.39. The molecule has 1 saturated carbocycles. The molecule has 0 aromatic heterocycles. The van der Waals surface area contributed by atoms with E-state index < -0.39 is 49.2 Å². The minimum absolute atomic E-state index is 0. The molecular formula is C8H15ClN2O2. The molecule has 0 aliphatic heterocycles. The summed E-state index contributed by atoms with van der Waals surface area (Å²) < 4.78 is 52.5. The number of carbonyl (C=O) groups is 2. The predicted molar refractivity (Wildman–Crippen MR) is 51.4 cm³/mol. The Morgan fingerprint density at radius 3 is 2.62 bits per heavy atom. The number of Topliss-reactive ketones (excluding diaryl/α,β-unsaturated/α-hetero) is 1. The Morgan fingerprint density at radius 2 is 2.15 bits per heavy atom. The van der Waals surface area contributed by atoms with Gasteiger partial charge in [0, 0.05) is 9.60 Å². The van der Waals surface area contributed by atoms with Gasteiger partial charge < -0.3 is 11.5 Å². The van der Waals surface area contributed by atoms with Crippen LogP contribution in [0.5, 0.6) is 0 Å². The van der Waals surface area contributed by atoms with Crippen LogP contribution in [0.1, 0.15) is 35.1 Å². The molecule has 4 nitrogen and oxygen atoms in total. The van der Waals surface area contributed by atoms with E-state index in [1.807, 2.05) is 0 Å². The fourth-order valence-electron chi connectivity index (χ4n) is 0.748. The summed E-state index contributed by atoms with van der Waals surface area (Å²) in [7, 11) is 0. The lowest BCUT2D eigenvalue weighted by molar-refractivity contribution is -0.137. The minimum Gasteiger partial charge on any atom is -0.363 e. The van der Waals surface area contributed by atoms with Crippen molar-refractivity contribution in [3.8, 4) is 0 Å². The third-order valence-corrected chi connectivity index (χ3v) is 1.43. The number of ketones is 1. The Morgan fingerprint density at radius 1 is 1.62 bits per heavy atom. The highest BCUT2D eigenvalue weighted by Crippen LogP contribution is 2.30. The van der Waals surface area contributed by atoms with Crippen LogP contribution in [-0.4, -0.2) is 17.7 Å². The van der Waals surface area contributed by atoms with Gasteiger partial charge in [-0.2, -0.15) is 0 Å². The Bertz CT molecular complexity index is 425. The molecule has 1 rings (SSSR count). The van der Waals surface area contributed by atoms with E-state index in [9.17, 15) is 9.59 Å². The fraction of sp³-hybridized carbons (Fsp3) is 0.750. The maximum absolute atomic E-state index is 11.2. The number of primary amides is 1. The highest BCUT2D eigenvalue weighted by Gasteiger charge is 2.26. The van der Waals surface area contributed by atoms with Crippen LogP contribution in [0.4, 0.5) is 0 Å². The van der Waals surface area contributed by atoms with Crippen LogP contribution < -0.4 is 11.5 Å². The van der Waals surface area contributed by atoms with E-state index in [4.69, 9.17) is 21.1 Å². The van der Waals surface area contributed by atoms with Crippen molar-refractivity contribution >= 4 is 24.1 Å². The average molecular weight is 214 g/mol. The number of hydrogen-bond acceptors (Lipinski definition) is 3. The number of nitrogens with two attached hydrogens (primary N) is 2. The molecule has 0 spiro atoms. The molecule has 0 aromatic carbocycles. The van der Waals surface area contributed by atoms with Crippen molar-refractivity contribution in [3.63, 3.8) is 0 Å². The molecule has 0 radical (unpaired) electrons.